The van der Waals surface area contributed by atoms with Gasteiger partial charge >= 0.3 is 35.3 Å². The molecule has 0 bridgehead atoms. The van der Waals surface area contributed by atoms with Crippen LogP contribution in [0.3, 0.4) is 0 Å². The van der Waals surface area contributed by atoms with E-state index in [0.717, 1.165) is 38.3 Å². The number of benzene rings is 4. The van der Waals surface area contributed by atoms with Crippen molar-refractivity contribution in [3.8, 4) is 22.6 Å². The summed E-state index contributed by atoms with van der Waals surface area (Å²) in [5, 5.41) is 0. The molecule has 0 aliphatic rings. The van der Waals surface area contributed by atoms with Crippen LogP contribution in [0.25, 0.3) is 11.1 Å². The van der Waals surface area contributed by atoms with Crippen molar-refractivity contribution in [1.29, 1.82) is 0 Å². The Morgan fingerprint density at radius 3 is 2.08 bits per heavy atom. The summed E-state index contributed by atoms with van der Waals surface area (Å²) in [5.41, 5.74) is 6.75. The van der Waals surface area contributed by atoms with Crippen molar-refractivity contribution >= 4 is 0 Å². The zero-order chi connectivity index (χ0) is 26.5. The van der Waals surface area contributed by atoms with E-state index < -0.39 is 11.4 Å². The molecular formula is C31H27N2NaO5. The minimum Gasteiger partial charge on any atom is -0.489 e. The van der Waals surface area contributed by atoms with E-state index in [9.17, 15) is 9.59 Å². The van der Waals surface area contributed by atoms with Gasteiger partial charge in [0.25, 0.3) is 0 Å². The molecule has 5 rings (SSSR count). The van der Waals surface area contributed by atoms with E-state index in [2.05, 4.69) is 55.2 Å². The molecule has 0 amide bonds. The number of aryl methyl sites for hydroxylation is 2. The van der Waals surface area contributed by atoms with Crippen molar-refractivity contribution in [1.82, 2.24) is 9.72 Å². The Morgan fingerprint density at radius 2 is 1.41 bits per heavy atom. The van der Waals surface area contributed by atoms with Gasteiger partial charge in [0.05, 0.1) is 0 Å². The third kappa shape index (κ3) is 7.00. The predicted molar refractivity (Wildman–Crippen MR) is 145 cm³/mol. The van der Waals surface area contributed by atoms with Gasteiger partial charge in [0, 0.05) is 12.1 Å². The molecule has 192 valence electrons. The van der Waals surface area contributed by atoms with Crippen LogP contribution in [0, 0.1) is 13.8 Å². The fraction of sp³-hybridized carbons (Fsp3) is 0.161. The molecule has 0 N–H and O–H groups in total. The Bertz CT molecular complexity index is 1630. The van der Waals surface area contributed by atoms with E-state index >= 15 is 0 Å². The molecule has 0 unspecified atom stereocenters. The summed E-state index contributed by atoms with van der Waals surface area (Å²) in [6.45, 7) is 5.20. The fourth-order valence-electron chi connectivity index (χ4n) is 4.37. The van der Waals surface area contributed by atoms with E-state index in [-0.39, 0.29) is 36.1 Å². The number of hydrogen-bond donors (Lipinski definition) is 0. The molecule has 0 aliphatic carbocycles. The van der Waals surface area contributed by atoms with E-state index in [1.165, 1.54) is 11.1 Å². The SMILES string of the molecule is Cc1cccc(C)c1-c1cc(COc2ccc(Cn3oc(=O)[n-]c3=O)cc2)ccc1OCc1ccccc1.[Na+]. The predicted octanol–water partition coefficient (Wildman–Crippen LogP) is 2.25. The van der Waals surface area contributed by atoms with Crippen molar-refractivity contribution < 1.29 is 43.6 Å². The van der Waals surface area contributed by atoms with Crippen LogP contribution in [0.2, 0.25) is 0 Å². The second-order valence-corrected chi connectivity index (χ2v) is 9.09. The van der Waals surface area contributed by atoms with Gasteiger partial charge in [-0.2, -0.15) is 0 Å². The van der Waals surface area contributed by atoms with Gasteiger partial charge in [-0.1, -0.05) is 66.7 Å². The number of ether oxygens (including phenoxy) is 2. The van der Waals surface area contributed by atoms with Gasteiger partial charge in [-0.25, -0.2) is 4.79 Å². The first kappa shape index (κ1) is 28.2. The van der Waals surface area contributed by atoms with Gasteiger partial charge in [-0.05, 0) is 71.5 Å². The van der Waals surface area contributed by atoms with Crippen LogP contribution >= 0.6 is 0 Å². The average Bonchev–Trinajstić information content (AvgIpc) is 3.24. The summed E-state index contributed by atoms with van der Waals surface area (Å²) in [7, 11) is 0. The van der Waals surface area contributed by atoms with Gasteiger partial charge in [0.2, 0.25) is 0 Å². The first-order valence-electron chi connectivity index (χ1n) is 12.3. The standard InChI is InChI=1S/C31H28N2O5.Na/c1-21-7-6-8-22(2)29(21)27-17-25(13-16-28(27)37-19-24-9-4-3-5-10-24)20-36-26-14-11-23(12-15-26)18-33-30(34)32-31(35)38-33;/h3-17H,18-20H2,1-2H3,(H,32,34,35);/q;+1/p-1. The normalized spacial score (nSPS) is 10.6. The van der Waals surface area contributed by atoms with Crippen LogP contribution in [0.1, 0.15) is 27.8 Å². The van der Waals surface area contributed by atoms with Crippen LogP contribution < -0.4 is 55.5 Å². The zero-order valence-electron chi connectivity index (χ0n) is 22.2. The van der Waals surface area contributed by atoms with Crippen LogP contribution in [-0.2, 0) is 19.8 Å². The summed E-state index contributed by atoms with van der Waals surface area (Å²) < 4.78 is 18.0. The molecule has 39 heavy (non-hydrogen) atoms. The second-order valence-electron chi connectivity index (χ2n) is 9.09. The Kier molecular flexibility index (Phi) is 9.30. The summed E-state index contributed by atoms with van der Waals surface area (Å²) in [6.07, 6.45) is 0. The third-order valence-electron chi connectivity index (χ3n) is 6.28. The summed E-state index contributed by atoms with van der Waals surface area (Å²) in [5.74, 6) is 0.608. The molecule has 0 radical (unpaired) electrons. The monoisotopic (exact) mass is 530 g/mol. The zero-order valence-corrected chi connectivity index (χ0v) is 24.2. The number of hydrogen-bond acceptors (Lipinski definition) is 5. The average molecular weight is 531 g/mol. The number of nitrogens with zero attached hydrogens (tertiary/aromatic N) is 2. The molecule has 0 fully saturated rings. The summed E-state index contributed by atoms with van der Waals surface area (Å²) in [4.78, 5) is 25.9. The van der Waals surface area contributed by atoms with Gasteiger partial charge in [0.1, 0.15) is 24.7 Å². The minimum absolute atomic E-state index is 0. The van der Waals surface area contributed by atoms with Crippen molar-refractivity contribution in [3.63, 3.8) is 0 Å². The Morgan fingerprint density at radius 1 is 0.744 bits per heavy atom. The number of rotatable bonds is 9. The molecule has 8 heteroatoms. The maximum Gasteiger partial charge on any atom is 1.00 e. The van der Waals surface area contributed by atoms with E-state index in [4.69, 9.17) is 14.0 Å². The molecule has 4 aromatic carbocycles. The topological polar surface area (TPSA) is 84.8 Å². The fourth-order valence-corrected chi connectivity index (χ4v) is 4.37. The molecule has 1 aromatic heterocycles. The summed E-state index contributed by atoms with van der Waals surface area (Å²) >= 11 is 0. The van der Waals surface area contributed by atoms with Crippen molar-refractivity contribution in [2.24, 2.45) is 0 Å². The molecule has 0 spiro atoms. The third-order valence-corrected chi connectivity index (χ3v) is 6.28. The molecule has 0 atom stereocenters. The Labute approximate surface area is 248 Å². The molecule has 0 aliphatic heterocycles. The van der Waals surface area contributed by atoms with E-state index in [1.54, 1.807) is 0 Å². The van der Waals surface area contributed by atoms with Crippen LogP contribution in [0.5, 0.6) is 11.5 Å². The molecule has 7 nitrogen and oxygen atoms in total. The first-order chi connectivity index (χ1) is 18.5. The van der Waals surface area contributed by atoms with Gasteiger partial charge in [-0.15, -0.1) is 0 Å². The van der Waals surface area contributed by atoms with Crippen molar-refractivity contribution in [2.45, 2.75) is 33.6 Å². The molecule has 0 saturated heterocycles. The maximum atomic E-state index is 11.6. The smallest absolute Gasteiger partial charge is 0.489 e. The largest absolute Gasteiger partial charge is 1.00 e. The van der Waals surface area contributed by atoms with Crippen LogP contribution in [0.15, 0.2) is 105 Å². The van der Waals surface area contributed by atoms with Crippen LogP contribution in [0.4, 0.5) is 0 Å². The maximum absolute atomic E-state index is 11.6. The van der Waals surface area contributed by atoms with Crippen molar-refractivity contribution in [2.75, 3.05) is 0 Å². The molecular weight excluding hydrogens is 503 g/mol. The second kappa shape index (κ2) is 12.8. The van der Waals surface area contributed by atoms with Gasteiger partial charge in [-0.3, -0.25) is 9.53 Å². The van der Waals surface area contributed by atoms with Crippen molar-refractivity contribution in [3.05, 3.63) is 140 Å². The summed E-state index contributed by atoms with van der Waals surface area (Å²) in [6, 6.07) is 29.8. The minimum atomic E-state index is -0.897. The molecule has 5 aromatic rings. The first-order valence-corrected chi connectivity index (χ1v) is 12.3. The van der Waals surface area contributed by atoms with E-state index in [0.29, 0.717) is 19.0 Å². The Balaban J connectivity index is 0.00000353. The van der Waals surface area contributed by atoms with Gasteiger partial charge < -0.3 is 19.0 Å². The quantitative estimate of drug-likeness (QED) is 0.272. The molecule has 1 heterocycles. The van der Waals surface area contributed by atoms with Crippen LogP contribution in [-0.4, -0.2) is 4.74 Å². The number of aromatic nitrogens is 2. The Hall–Kier alpha value is -3.78. The van der Waals surface area contributed by atoms with Gasteiger partial charge in [0.15, 0.2) is 5.69 Å². The van der Waals surface area contributed by atoms with E-state index in [1.807, 2.05) is 54.6 Å². The molecule has 0 saturated carbocycles.